The number of anilines is 1. The summed E-state index contributed by atoms with van der Waals surface area (Å²) < 4.78 is 1.77. The second kappa shape index (κ2) is 5.60. The summed E-state index contributed by atoms with van der Waals surface area (Å²) in [6.45, 7) is 3.92. The molecule has 1 N–H and O–H groups in total. The van der Waals surface area contributed by atoms with Gasteiger partial charge < -0.3 is 5.32 Å². The lowest BCUT2D eigenvalue weighted by Gasteiger charge is -2.34. The first-order chi connectivity index (χ1) is 11.4. The van der Waals surface area contributed by atoms with Gasteiger partial charge in [-0.15, -0.1) is 0 Å². The fourth-order valence-corrected chi connectivity index (χ4v) is 3.81. The Balaban J connectivity index is 1.93. The highest BCUT2D eigenvalue weighted by Gasteiger charge is 2.38. The molecule has 0 bridgehead atoms. The van der Waals surface area contributed by atoms with Crippen molar-refractivity contribution in [1.82, 2.24) is 14.8 Å². The highest BCUT2D eigenvalue weighted by Crippen LogP contribution is 2.42. The number of carbonyl (C=O) groups is 1. The van der Waals surface area contributed by atoms with Crippen LogP contribution in [0.3, 0.4) is 0 Å². The third-order valence-electron chi connectivity index (χ3n) is 4.49. The topological polar surface area (TPSA) is 59.8 Å². The SMILES string of the molecule is Cc1nc2n(n1)[C@@H](c1ccc(Cl)c(Cl)c1)C1=C(C[C@@H](C)CC1=O)N2. The maximum absolute atomic E-state index is 12.8. The molecule has 0 amide bonds. The van der Waals surface area contributed by atoms with E-state index in [-0.39, 0.29) is 11.8 Å². The molecule has 2 atom stereocenters. The van der Waals surface area contributed by atoms with Crippen molar-refractivity contribution >= 4 is 34.9 Å². The summed E-state index contributed by atoms with van der Waals surface area (Å²) in [5, 5.41) is 8.73. The first kappa shape index (κ1) is 15.7. The van der Waals surface area contributed by atoms with Gasteiger partial charge in [-0.25, -0.2) is 4.68 Å². The van der Waals surface area contributed by atoms with Crippen LogP contribution in [-0.4, -0.2) is 20.5 Å². The summed E-state index contributed by atoms with van der Waals surface area (Å²) in [6, 6.07) is 5.12. The van der Waals surface area contributed by atoms with Crippen molar-refractivity contribution in [2.45, 2.75) is 32.7 Å². The number of rotatable bonds is 1. The van der Waals surface area contributed by atoms with E-state index in [0.717, 1.165) is 23.3 Å². The van der Waals surface area contributed by atoms with E-state index in [1.807, 2.05) is 13.0 Å². The van der Waals surface area contributed by atoms with Crippen molar-refractivity contribution in [2.24, 2.45) is 5.92 Å². The molecule has 0 fully saturated rings. The van der Waals surface area contributed by atoms with E-state index in [1.165, 1.54) is 0 Å². The van der Waals surface area contributed by atoms with Gasteiger partial charge in [0, 0.05) is 17.7 Å². The monoisotopic (exact) mass is 362 g/mol. The third kappa shape index (κ3) is 2.43. The average molecular weight is 363 g/mol. The van der Waals surface area contributed by atoms with Gasteiger partial charge in [0.1, 0.15) is 11.9 Å². The Morgan fingerprint density at radius 3 is 2.79 bits per heavy atom. The van der Waals surface area contributed by atoms with E-state index in [2.05, 4.69) is 22.3 Å². The van der Waals surface area contributed by atoms with E-state index < -0.39 is 0 Å². The van der Waals surface area contributed by atoms with Crippen LogP contribution in [0, 0.1) is 12.8 Å². The van der Waals surface area contributed by atoms with Crippen molar-refractivity contribution in [3.63, 3.8) is 0 Å². The number of aryl methyl sites for hydroxylation is 1. The molecule has 0 saturated heterocycles. The largest absolute Gasteiger partial charge is 0.328 e. The second-order valence-corrected chi connectivity index (χ2v) is 7.27. The van der Waals surface area contributed by atoms with E-state index in [1.54, 1.807) is 16.8 Å². The number of nitrogens with one attached hydrogen (secondary N) is 1. The smallest absolute Gasteiger partial charge is 0.226 e. The number of benzene rings is 1. The fraction of sp³-hybridized carbons (Fsp3) is 0.353. The Hall–Kier alpha value is -1.85. The number of halogens is 2. The lowest BCUT2D eigenvalue weighted by molar-refractivity contribution is -0.117. The van der Waals surface area contributed by atoms with Crippen LogP contribution in [0.15, 0.2) is 29.5 Å². The molecule has 1 aromatic carbocycles. The summed E-state index contributed by atoms with van der Waals surface area (Å²) in [6.07, 6.45) is 1.37. The summed E-state index contributed by atoms with van der Waals surface area (Å²) >= 11 is 12.3. The zero-order chi connectivity index (χ0) is 17.0. The van der Waals surface area contributed by atoms with Gasteiger partial charge in [0.2, 0.25) is 5.95 Å². The van der Waals surface area contributed by atoms with E-state index in [4.69, 9.17) is 23.2 Å². The molecular formula is C17H16Cl2N4O. The summed E-state index contributed by atoms with van der Waals surface area (Å²) in [4.78, 5) is 17.2. The Morgan fingerprint density at radius 2 is 2.04 bits per heavy atom. The Kier molecular flexibility index (Phi) is 3.66. The Bertz CT molecular complexity index is 887. The standard InChI is InChI=1S/C17H16Cl2N4O/c1-8-5-13-15(14(24)6-8)16(10-3-4-11(18)12(19)7-10)23-17(21-13)20-9(2)22-23/h3-4,7-8,16H,5-6H2,1-2H3,(H,20,21,22)/t8-,16+/m1/s1. The Labute approximate surface area is 149 Å². The van der Waals surface area contributed by atoms with E-state index in [9.17, 15) is 4.79 Å². The average Bonchev–Trinajstić information content (AvgIpc) is 2.87. The highest BCUT2D eigenvalue weighted by atomic mass is 35.5. The molecule has 1 aliphatic heterocycles. The number of hydrogen-bond acceptors (Lipinski definition) is 4. The highest BCUT2D eigenvalue weighted by molar-refractivity contribution is 6.42. The number of aromatic nitrogens is 3. The molecule has 0 saturated carbocycles. The van der Waals surface area contributed by atoms with Crippen molar-refractivity contribution in [1.29, 1.82) is 0 Å². The van der Waals surface area contributed by atoms with Crippen molar-refractivity contribution in [2.75, 3.05) is 5.32 Å². The van der Waals surface area contributed by atoms with Gasteiger partial charge in [-0.05, 0) is 37.0 Å². The quantitative estimate of drug-likeness (QED) is 0.827. The second-order valence-electron chi connectivity index (χ2n) is 6.46. The van der Waals surface area contributed by atoms with Crippen molar-refractivity contribution < 1.29 is 4.79 Å². The normalized spacial score (nSPS) is 22.9. The fourth-order valence-electron chi connectivity index (χ4n) is 3.50. The molecule has 2 heterocycles. The molecule has 24 heavy (non-hydrogen) atoms. The van der Waals surface area contributed by atoms with Crippen LogP contribution < -0.4 is 5.32 Å². The minimum Gasteiger partial charge on any atom is -0.328 e. The number of carbonyl (C=O) groups excluding carboxylic acids is 1. The van der Waals surface area contributed by atoms with Gasteiger partial charge in [0.05, 0.1) is 10.0 Å². The molecular weight excluding hydrogens is 347 g/mol. The molecule has 4 rings (SSSR count). The molecule has 0 spiro atoms. The van der Waals surface area contributed by atoms with Gasteiger partial charge in [-0.3, -0.25) is 4.79 Å². The number of hydrogen-bond donors (Lipinski definition) is 1. The van der Waals surface area contributed by atoms with Crippen LogP contribution in [0.2, 0.25) is 10.0 Å². The van der Waals surface area contributed by atoms with Gasteiger partial charge >= 0.3 is 0 Å². The predicted molar refractivity (Wildman–Crippen MR) is 93.4 cm³/mol. The maximum Gasteiger partial charge on any atom is 0.226 e. The van der Waals surface area contributed by atoms with Crippen LogP contribution in [0.1, 0.15) is 37.2 Å². The van der Waals surface area contributed by atoms with Crippen LogP contribution in [0.4, 0.5) is 5.95 Å². The molecule has 1 aliphatic carbocycles. The lowest BCUT2D eigenvalue weighted by atomic mass is 9.81. The Morgan fingerprint density at radius 1 is 1.25 bits per heavy atom. The van der Waals surface area contributed by atoms with Gasteiger partial charge in [-0.1, -0.05) is 36.2 Å². The molecule has 7 heteroatoms. The number of ketones is 1. The van der Waals surface area contributed by atoms with Crippen LogP contribution >= 0.6 is 23.2 Å². The molecule has 5 nitrogen and oxygen atoms in total. The molecule has 1 aromatic heterocycles. The number of allylic oxidation sites excluding steroid dienone is 2. The zero-order valence-corrected chi connectivity index (χ0v) is 14.8. The molecule has 0 radical (unpaired) electrons. The molecule has 124 valence electrons. The van der Waals surface area contributed by atoms with Crippen LogP contribution in [0.25, 0.3) is 0 Å². The van der Waals surface area contributed by atoms with Crippen LogP contribution in [0.5, 0.6) is 0 Å². The lowest BCUT2D eigenvalue weighted by Crippen LogP contribution is -2.33. The summed E-state index contributed by atoms with van der Waals surface area (Å²) in [7, 11) is 0. The molecule has 2 aromatic rings. The third-order valence-corrected chi connectivity index (χ3v) is 5.23. The summed E-state index contributed by atoms with van der Waals surface area (Å²) in [5.74, 6) is 1.77. The van der Waals surface area contributed by atoms with E-state index in [0.29, 0.717) is 34.2 Å². The number of nitrogens with zero attached hydrogens (tertiary/aromatic N) is 3. The minimum absolute atomic E-state index is 0.145. The molecule has 2 aliphatic rings. The zero-order valence-electron chi connectivity index (χ0n) is 13.3. The molecule has 0 unspecified atom stereocenters. The van der Waals surface area contributed by atoms with Gasteiger partial charge in [-0.2, -0.15) is 10.1 Å². The van der Waals surface area contributed by atoms with Gasteiger partial charge in [0.15, 0.2) is 5.78 Å². The number of Topliss-reactive ketones (excluding diaryl/α,β-unsaturated/α-hetero) is 1. The van der Waals surface area contributed by atoms with E-state index >= 15 is 0 Å². The van der Waals surface area contributed by atoms with Gasteiger partial charge in [0.25, 0.3) is 0 Å². The number of fused-ring (bicyclic) bond motifs is 1. The first-order valence-corrected chi connectivity index (χ1v) is 8.61. The maximum atomic E-state index is 12.8. The van der Waals surface area contributed by atoms with Crippen molar-refractivity contribution in [3.8, 4) is 0 Å². The summed E-state index contributed by atoms with van der Waals surface area (Å²) in [5.41, 5.74) is 2.58. The van der Waals surface area contributed by atoms with Crippen LogP contribution in [-0.2, 0) is 4.79 Å². The minimum atomic E-state index is -0.327. The first-order valence-electron chi connectivity index (χ1n) is 7.85. The predicted octanol–water partition coefficient (Wildman–Crippen LogP) is 4.16. The van der Waals surface area contributed by atoms with Crippen molar-refractivity contribution in [3.05, 3.63) is 50.9 Å².